The molecular weight excluding hydrogens is 320 g/mol. The third kappa shape index (κ3) is 2.83. The molecule has 2 aromatic rings. The van der Waals surface area contributed by atoms with Crippen molar-refractivity contribution in [3.05, 3.63) is 41.5 Å². The van der Waals surface area contributed by atoms with Crippen LogP contribution in [0.25, 0.3) is 0 Å². The number of carbonyl (C=O) groups excluding carboxylic acids is 1. The van der Waals surface area contributed by atoms with Gasteiger partial charge in [-0.15, -0.1) is 22.0 Å². The van der Waals surface area contributed by atoms with Crippen molar-refractivity contribution in [3.8, 4) is 0 Å². The van der Waals surface area contributed by atoms with Gasteiger partial charge in [0, 0.05) is 31.0 Å². The molecule has 0 aliphatic carbocycles. The Morgan fingerprint density at radius 2 is 2.25 bits per heavy atom. The van der Waals surface area contributed by atoms with Crippen molar-refractivity contribution >= 4 is 17.7 Å². The molecule has 0 spiro atoms. The zero-order chi connectivity index (χ0) is 16.7. The molecule has 1 fully saturated rings. The molecule has 1 saturated heterocycles. The first kappa shape index (κ1) is 15.7. The van der Waals surface area contributed by atoms with Gasteiger partial charge in [-0.2, -0.15) is 0 Å². The zero-order valence-electron chi connectivity index (χ0n) is 14.1. The van der Waals surface area contributed by atoms with Crippen LogP contribution in [0.3, 0.4) is 0 Å². The number of amides is 1. The first-order chi connectivity index (χ1) is 11.6. The Balaban J connectivity index is 1.46. The van der Waals surface area contributed by atoms with Crippen LogP contribution >= 0.6 is 11.8 Å². The minimum atomic E-state index is 0.0278. The van der Waals surface area contributed by atoms with Crippen LogP contribution < -0.4 is 0 Å². The highest BCUT2D eigenvalue weighted by Gasteiger charge is 2.34. The normalized spacial score (nSPS) is 23.3. The molecule has 0 N–H and O–H groups in total. The third-order valence-corrected chi connectivity index (χ3v) is 6.30. The highest BCUT2D eigenvalue weighted by Crippen LogP contribution is 2.39. The number of thioether (sulfide) groups is 1. The number of hydrogen-bond acceptors (Lipinski definition) is 4. The monoisotopic (exact) mass is 342 g/mol. The van der Waals surface area contributed by atoms with Crippen molar-refractivity contribution in [2.24, 2.45) is 7.05 Å². The van der Waals surface area contributed by atoms with Crippen LogP contribution in [0.2, 0.25) is 0 Å². The number of aryl methyl sites for hydroxylation is 2. The Morgan fingerprint density at radius 3 is 3.04 bits per heavy atom. The van der Waals surface area contributed by atoms with E-state index < -0.39 is 0 Å². The maximum absolute atomic E-state index is 13.0. The van der Waals surface area contributed by atoms with Gasteiger partial charge in [0.2, 0.25) is 5.91 Å². The van der Waals surface area contributed by atoms with Gasteiger partial charge < -0.3 is 9.47 Å². The Morgan fingerprint density at radius 1 is 1.38 bits per heavy atom. The molecule has 3 heterocycles. The molecule has 4 rings (SSSR count). The molecule has 2 unspecified atom stereocenters. The van der Waals surface area contributed by atoms with Gasteiger partial charge in [-0.25, -0.2) is 0 Å². The average Bonchev–Trinajstić information content (AvgIpc) is 3.20. The third-order valence-electron chi connectivity index (χ3n) is 5.02. The second-order valence-corrected chi connectivity index (χ2v) is 8.09. The highest BCUT2D eigenvalue weighted by molar-refractivity contribution is 8.01. The minimum Gasteiger partial charge on any atom is -0.341 e. The van der Waals surface area contributed by atoms with Crippen LogP contribution in [0, 0.1) is 6.92 Å². The smallest absolute Gasteiger partial charge is 0.236 e. The molecule has 0 bridgehead atoms. The Kier molecular flexibility index (Phi) is 4.08. The summed E-state index contributed by atoms with van der Waals surface area (Å²) in [5.41, 5.74) is 2.57. The lowest BCUT2D eigenvalue weighted by Gasteiger charge is -2.33. The lowest BCUT2D eigenvalue weighted by atomic mass is 9.96. The maximum atomic E-state index is 13.0. The summed E-state index contributed by atoms with van der Waals surface area (Å²) in [6, 6.07) is 6.51. The van der Waals surface area contributed by atoms with E-state index in [0.29, 0.717) is 5.92 Å². The second kappa shape index (κ2) is 6.24. The molecule has 2 aliphatic rings. The van der Waals surface area contributed by atoms with E-state index in [1.165, 1.54) is 16.0 Å². The number of nitrogens with zero attached hydrogens (tertiary/aromatic N) is 4. The number of likely N-dealkylation sites (tertiary alicyclic amines) is 1. The number of rotatable bonds is 2. The van der Waals surface area contributed by atoms with Crippen LogP contribution in [0.4, 0.5) is 0 Å². The van der Waals surface area contributed by atoms with Crippen molar-refractivity contribution in [1.82, 2.24) is 19.7 Å². The van der Waals surface area contributed by atoms with Gasteiger partial charge in [-0.05, 0) is 37.8 Å². The van der Waals surface area contributed by atoms with Crippen molar-refractivity contribution in [1.29, 1.82) is 0 Å². The van der Waals surface area contributed by atoms with E-state index in [4.69, 9.17) is 0 Å². The number of fused-ring (bicyclic) bond motifs is 1. The van der Waals surface area contributed by atoms with Gasteiger partial charge in [0.15, 0.2) is 0 Å². The second-order valence-electron chi connectivity index (χ2n) is 6.85. The first-order valence-corrected chi connectivity index (χ1v) is 9.38. The fourth-order valence-corrected chi connectivity index (χ4v) is 5.10. The predicted molar refractivity (Wildman–Crippen MR) is 94.1 cm³/mol. The van der Waals surface area contributed by atoms with Gasteiger partial charge in [0.25, 0.3) is 0 Å². The Hall–Kier alpha value is -1.82. The van der Waals surface area contributed by atoms with E-state index in [1.54, 1.807) is 18.1 Å². The molecule has 0 radical (unpaired) electrons. The number of piperidine rings is 1. The minimum absolute atomic E-state index is 0.0278. The van der Waals surface area contributed by atoms with Crippen molar-refractivity contribution in [2.75, 3.05) is 13.1 Å². The average molecular weight is 342 g/mol. The fraction of sp³-hybridized carbons (Fsp3) is 0.500. The summed E-state index contributed by atoms with van der Waals surface area (Å²) in [5, 5.41) is 8.26. The van der Waals surface area contributed by atoms with E-state index in [0.717, 1.165) is 38.2 Å². The van der Waals surface area contributed by atoms with Crippen LogP contribution in [0.5, 0.6) is 0 Å². The van der Waals surface area contributed by atoms with E-state index in [-0.39, 0.29) is 11.2 Å². The highest BCUT2D eigenvalue weighted by atomic mass is 32.2. The number of aromatic nitrogens is 3. The molecule has 1 aromatic heterocycles. The molecular formula is C18H22N4OS. The molecule has 24 heavy (non-hydrogen) atoms. The molecule has 0 saturated carbocycles. The molecule has 5 nitrogen and oxygen atoms in total. The van der Waals surface area contributed by atoms with E-state index >= 15 is 0 Å². The Labute approximate surface area is 146 Å². The van der Waals surface area contributed by atoms with Gasteiger partial charge in [0.05, 0.1) is 5.25 Å². The topological polar surface area (TPSA) is 51.0 Å². The summed E-state index contributed by atoms with van der Waals surface area (Å²) in [4.78, 5) is 16.3. The SMILES string of the molecule is Cc1ccc2c(c1)SC(C(=O)N1CCCC(c3nncn3C)C1)C2. The van der Waals surface area contributed by atoms with Crippen molar-refractivity contribution < 1.29 is 4.79 Å². The molecule has 1 aromatic carbocycles. The van der Waals surface area contributed by atoms with Crippen LogP contribution in [-0.2, 0) is 18.3 Å². The number of benzene rings is 1. The zero-order valence-corrected chi connectivity index (χ0v) is 14.9. The number of hydrogen-bond donors (Lipinski definition) is 0. The van der Waals surface area contributed by atoms with E-state index in [2.05, 4.69) is 35.3 Å². The largest absolute Gasteiger partial charge is 0.341 e. The van der Waals surface area contributed by atoms with Crippen molar-refractivity contribution in [2.45, 2.75) is 42.2 Å². The maximum Gasteiger partial charge on any atom is 0.236 e. The standard InChI is InChI=1S/C18H22N4OS/c1-12-5-6-13-9-16(24-15(13)8-12)18(23)22-7-3-4-14(10-22)17-20-19-11-21(17)2/h5-6,8,11,14,16H,3-4,7,9-10H2,1-2H3. The van der Waals surface area contributed by atoms with Gasteiger partial charge in [-0.1, -0.05) is 17.7 Å². The van der Waals surface area contributed by atoms with Crippen LogP contribution in [0.1, 0.15) is 35.7 Å². The van der Waals surface area contributed by atoms with Gasteiger partial charge in [0.1, 0.15) is 12.2 Å². The van der Waals surface area contributed by atoms with Gasteiger partial charge >= 0.3 is 0 Å². The lowest BCUT2D eigenvalue weighted by molar-refractivity contribution is -0.131. The first-order valence-electron chi connectivity index (χ1n) is 8.50. The summed E-state index contributed by atoms with van der Waals surface area (Å²) >= 11 is 1.73. The molecule has 2 atom stereocenters. The summed E-state index contributed by atoms with van der Waals surface area (Å²) in [6.45, 7) is 3.73. The summed E-state index contributed by atoms with van der Waals surface area (Å²) in [7, 11) is 1.97. The Bertz CT molecular complexity index is 772. The van der Waals surface area contributed by atoms with Crippen molar-refractivity contribution in [3.63, 3.8) is 0 Å². The van der Waals surface area contributed by atoms with Gasteiger partial charge in [-0.3, -0.25) is 4.79 Å². The lowest BCUT2D eigenvalue weighted by Crippen LogP contribution is -2.43. The van der Waals surface area contributed by atoms with Crippen LogP contribution in [-0.4, -0.2) is 43.9 Å². The number of carbonyl (C=O) groups is 1. The molecule has 6 heteroatoms. The quantitative estimate of drug-likeness (QED) is 0.842. The van der Waals surface area contributed by atoms with E-state index in [1.807, 2.05) is 16.5 Å². The summed E-state index contributed by atoms with van der Waals surface area (Å²) in [5.74, 6) is 1.57. The molecule has 126 valence electrons. The summed E-state index contributed by atoms with van der Waals surface area (Å²) in [6.07, 6.45) is 4.70. The van der Waals surface area contributed by atoms with E-state index in [9.17, 15) is 4.79 Å². The fourth-order valence-electron chi connectivity index (χ4n) is 3.73. The van der Waals surface area contributed by atoms with Crippen LogP contribution in [0.15, 0.2) is 29.4 Å². The molecule has 1 amide bonds. The molecule has 2 aliphatic heterocycles. The predicted octanol–water partition coefficient (Wildman–Crippen LogP) is 2.55. The summed E-state index contributed by atoms with van der Waals surface area (Å²) < 4.78 is 1.97.